The molecular weight excluding hydrogens is 446 g/mol. The lowest BCUT2D eigenvalue weighted by molar-refractivity contribution is -0.116. The second-order valence-corrected chi connectivity index (χ2v) is 9.94. The van der Waals surface area contributed by atoms with Crippen LogP contribution >= 0.6 is 11.3 Å². The number of benzene rings is 2. The fraction of sp³-hybridized carbons (Fsp3) is 0.217. The molecule has 0 atom stereocenters. The van der Waals surface area contributed by atoms with Gasteiger partial charge in [0.2, 0.25) is 5.91 Å². The summed E-state index contributed by atoms with van der Waals surface area (Å²) in [6, 6.07) is 15.4. The van der Waals surface area contributed by atoms with Crippen molar-refractivity contribution in [2.75, 3.05) is 16.6 Å². The Morgan fingerprint density at radius 3 is 2.50 bits per heavy atom. The first kappa shape index (κ1) is 23.5. The Balaban J connectivity index is 1.57. The monoisotopic (exact) mass is 471 g/mol. The highest BCUT2D eigenvalue weighted by molar-refractivity contribution is 7.92. The fourth-order valence-electron chi connectivity index (χ4n) is 3.06. The molecule has 0 radical (unpaired) electrons. The van der Waals surface area contributed by atoms with Crippen LogP contribution in [0.15, 0.2) is 64.9 Å². The topological polar surface area (TPSA) is 104 Å². The van der Waals surface area contributed by atoms with Crippen molar-refractivity contribution in [1.29, 1.82) is 0 Å². The molecule has 0 fully saturated rings. The van der Waals surface area contributed by atoms with Crippen molar-refractivity contribution < 1.29 is 18.0 Å². The first-order valence-electron chi connectivity index (χ1n) is 10.1. The van der Waals surface area contributed by atoms with E-state index in [4.69, 9.17) is 0 Å². The minimum Gasteiger partial charge on any atom is -0.351 e. The molecule has 3 N–H and O–H groups in total. The lowest BCUT2D eigenvalue weighted by Gasteiger charge is -2.13. The van der Waals surface area contributed by atoms with Crippen molar-refractivity contribution in [2.24, 2.45) is 0 Å². The molecule has 0 saturated carbocycles. The zero-order valence-electron chi connectivity index (χ0n) is 17.8. The molecule has 32 heavy (non-hydrogen) atoms. The van der Waals surface area contributed by atoms with E-state index in [2.05, 4.69) is 15.4 Å². The molecule has 1 aromatic heterocycles. The summed E-state index contributed by atoms with van der Waals surface area (Å²) in [5, 5.41) is 7.33. The molecule has 0 unspecified atom stereocenters. The number of aryl methyl sites for hydroxylation is 2. The smallest absolute Gasteiger partial charge is 0.262 e. The van der Waals surface area contributed by atoms with Gasteiger partial charge in [0.05, 0.1) is 9.77 Å². The Hall–Kier alpha value is -3.17. The zero-order valence-corrected chi connectivity index (χ0v) is 19.5. The first-order valence-corrected chi connectivity index (χ1v) is 12.4. The molecule has 168 valence electrons. The summed E-state index contributed by atoms with van der Waals surface area (Å²) >= 11 is 1.36. The molecule has 1 heterocycles. The van der Waals surface area contributed by atoms with Crippen LogP contribution in [0.3, 0.4) is 0 Å². The molecule has 2 amide bonds. The van der Waals surface area contributed by atoms with Crippen LogP contribution in [-0.2, 0) is 14.8 Å². The van der Waals surface area contributed by atoms with E-state index in [1.54, 1.807) is 49.4 Å². The van der Waals surface area contributed by atoms with Crippen LogP contribution in [0.5, 0.6) is 0 Å². The molecule has 0 spiro atoms. The van der Waals surface area contributed by atoms with Crippen LogP contribution in [-0.4, -0.2) is 26.8 Å². The highest BCUT2D eigenvalue weighted by Gasteiger charge is 2.18. The molecule has 3 rings (SSSR count). The third kappa shape index (κ3) is 6.41. The minimum atomic E-state index is -3.82. The average Bonchev–Trinajstić information content (AvgIpc) is 3.27. The third-order valence-electron chi connectivity index (χ3n) is 4.64. The number of anilines is 2. The third-order valence-corrected chi connectivity index (χ3v) is 7.03. The number of amides is 2. The predicted octanol–water partition coefficient (Wildman–Crippen LogP) is 4.31. The van der Waals surface area contributed by atoms with E-state index in [0.717, 1.165) is 5.56 Å². The normalized spacial score (nSPS) is 11.1. The van der Waals surface area contributed by atoms with Crippen LogP contribution in [0.25, 0.3) is 0 Å². The summed E-state index contributed by atoms with van der Waals surface area (Å²) in [4.78, 5) is 24.9. The van der Waals surface area contributed by atoms with E-state index in [1.807, 2.05) is 18.4 Å². The van der Waals surface area contributed by atoms with E-state index in [-0.39, 0.29) is 23.1 Å². The van der Waals surface area contributed by atoms with Gasteiger partial charge in [-0.05, 0) is 67.1 Å². The van der Waals surface area contributed by atoms with E-state index in [1.165, 1.54) is 17.4 Å². The fourth-order valence-corrected chi connectivity index (χ4v) is 5.02. The number of rotatable bonds is 9. The number of hydrogen-bond acceptors (Lipinski definition) is 5. The number of thiophene rings is 1. The van der Waals surface area contributed by atoms with Crippen molar-refractivity contribution in [3.63, 3.8) is 0 Å². The van der Waals surface area contributed by atoms with Gasteiger partial charge < -0.3 is 10.6 Å². The first-order chi connectivity index (χ1) is 15.2. The number of carbonyl (C=O) groups is 2. The molecule has 0 aliphatic heterocycles. The number of carbonyl (C=O) groups excluding carboxylic acids is 2. The Kier molecular flexibility index (Phi) is 7.66. The van der Waals surface area contributed by atoms with Crippen molar-refractivity contribution in [3.8, 4) is 0 Å². The molecule has 3 aromatic rings. The predicted molar refractivity (Wildman–Crippen MR) is 128 cm³/mol. The SMILES string of the molecule is Cc1cccc(NS(=O)(=O)c2cc(NC(=O)CCCNC(=O)c3cccs3)ccc2C)c1. The average molecular weight is 472 g/mol. The van der Waals surface area contributed by atoms with Crippen LogP contribution in [0.2, 0.25) is 0 Å². The Morgan fingerprint density at radius 1 is 0.969 bits per heavy atom. The highest BCUT2D eigenvalue weighted by Crippen LogP contribution is 2.23. The van der Waals surface area contributed by atoms with E-state index in [0.29, 0.717) is 34.8 Å². The summed E-state index contributed by atoms with van der Waals surface area (Å²) in [6.45, 7) is 3.96. The second-order valence-electron chi connectivity index (χ2n) is 7.34. The summed E-state index contributed by atoms with van der Waals surface area (Å²) < 4.78 is 28.3. The lowest BCUT2D eigenvalue weighted by Crippen LogP contribution is -2.24. The largest absolute Gasteiger partial charge is 0.351 e. The molecular formula is C23H25N3O4S2. The second kappa shape index (κ2) is 10.4. The van der Waals surface area contributed by atoms with E-state index >= 15 is 0 Å². The Bertz CT molecular complexity index is 1210. The van der Waals surface area contributed by atoms with Gasteiger partial charge in [-0.2, -0.15) is 0 Å². The molecule has 7 nitrogen and oxygen atoms in total. The molecule has 9 heteroatoms. The quantitative estimate of drug-likeness (QED) is 0.404. The highest BCUT2D eigenvalue weighted by atomic mass is 32.2. The standard InChI is InChI=1S/C23H25N3O4S2/c1-16-6-3-7-19(14-16)26-32(29,30)21-15-18(11-10-17(21)2)25-22(27)9-4-12-24-23(28)20-8-5-13-31-20/h3,5-8,10-11,13-15,26H,4,9,12H2,1-2H3,(H,24,28)(H,25,27). The van der Waals surface area contributed by atoms with Gasteiger partial charge in [0.15, 0.2) is 0 Å². The molecule has 0 aliphatic rings. The molecule has 2 aromatic carbocycles. The van der Waals surface area contributed by atoms with Crippen molar-refractivity contribution in [3.05, 3.63) is 76.0 Å². The van der Waals surface area contributed by atoms with Gasteiger partial charge in [0, 0.05) is 24.3 Å². The number of sulfonamides is 1. The van der Waals surface area contributed by atoms with Crippen molar-refractivity contribution in [1.82, 2.24) is 5.32 Å². The van der Waals surface area contributed by atoms with Crippen LogP contribution < -0.4 is 15.4 Å². The van der Waals surface area contributed by atoms with Gasteiger partial charge in [0.1, 0.15) is 0 Å². The maximum absolute atomic E-state index is 12.9. The maximum atomic E-state index is 12.9. The van der Waals surface area contributed by atoms with Gasteiger partial charge in [-0.1, -0.05) is 24.3 Å². The Morgan fingerprint density at radius 2 is 1.78 bits per heavy atom. The van der Waals surface area contributed by atoms with Gasteiger partial charge in [-0.15, -0.1) is 11.3 Å². The van der Waals surface area contributed by atoms with Gasteiger partial charge in [-0.25, -0.2) is 8.42 Å². The van der Waals surface area contributed by atoms with Gasteiger partial charge >= 0.3 is 0 Å². The number of hydrogen-bond donors (Lipinski definition) is 3. The van der Waals surface area contributed by atoms with Gasteiger partial charge in [-0.3, -0.25) is 14.3 Å². The van der Waals surface area contributed by atoms with E-state index < -0.39 is 10.0 Å². The lowest BCUT2D eigenvalue weighted by atomic mass is 10.2. The van der Waals surface area contributed by atoms with Crippen LogP contribution in [0.1, 0.15) is 33.6 Å². The van der Waals surface area contributed by atoms with Crippen molar-refractivity contribution in [2.45, 2.75) is 31.6 Å². The zero-order chi connectivity index (χ0) is 23.1. The van der Waals surface area contributed by atoms with Crippen LogP contribution in [0.4, 0.5) is 11.4 Å². The van der Waals surface area contributed by atoms with Crippen LogP contribution in [0, 0.1) is 13.8 Å². The summed E-state index contributed by atoms with van der Waals surface area (Å²) in [5.74, 6) is -0.413. The molecule has 0 aliphatic carbocycles. The van der Waals surface area contributed by atoms with Crippen molar-refractivity contribution >= 4 is 44.5 Å². The minimum absolute atomic E-state index is 0.0972. The summed E-state index contributed by atoms with van der Waals surface area (Å²) in [5.41, 5.74) is 2.38. The molecule has 0 bridgehead atoms. The number of nitrogens with one attached hydrogen (secondary N) is 3. The Labute approximate surface area is 191 Å². The summed E-state index contributed by atoms with van der Waals surface area (Å²) in [7, 11) is -3.82. The summed E-state index contributed by atoms with van der Waals surface area (Å²) in [6.07, 6.45) is 0.664. The van der Waals surface area contributed by atoms with E-state index in [9.17, 15) is 18.0 Å². The van der Waals surface area contributed by atoms with Gasteiger partial charge in [0.25, 0.3) is 15.9 Å². The maximum Gasteiger partial charge on any atom is 0.262 e. The molecule has 0 saturated heterocycles.